The van der Waals surface area contributed by atoms with Crippen molar-refractivity contribution in [3.8, 4) is 0 Å². The summed E-state index contributed by atoms with van der Waals surface area (Å²) in [6.07, 6.45) is 9.25. The summed E-state index contributed by atoms with van der Waals surface area (Å²) in [4.78, 5) is 15.7. The van der Waals surface area contributed by atoms with Gasteiger partial charge in [-0.15, -0.1) is 24.0 Å². The summed E-state index contributed by atoms with van der Waals surface area (Å²) in [6, 6.07) is 6.55. The highest BCUT2D eigenvalue weighted by Crippen LogP contribution is 2.15. The van der Waals surface area contributed by atoms with Crippen LogP contribution in [0.4, 0.5) is 5.95 Å². The number of furan rings is 1. The van der Waals surface area contributed by atoms with Gasteiger partial charge in [-0.1, -0.05) is 6.92 Å². The van der Waals surface area contributed by atoms with Gasteiger partial charge in [0.05, 0.1) is 6.26 Å². The Morgan fingerprint density at radius 2 is 2.04 bits per heavy atom. The maximum Gasteiger partial charge on any atom is 0.225 e. The van der Waals surface area contributed by atoms with Crippen LogP contribution in [0, 0.1) is 0 Å². The Hall–Kier alpha value is -1.84. The molecule has 0 spiro atoms. The zero-order valence-electron chi connectivity index (χ0n) is 16.7. The maximum atomic E-state index is 5.39. The molecule has 1 saturated heterocycles. The molecule has 0 bridgehead atoms. The van der Waals surface area contributed by atoms with Crippen LogP contribution in [0.3, 0.4) is 0 Å². The molecule has 3 heterocycles. The van der Waals surface area contributed by atoms with Gasteiger partial charge in [-0.05, 0) is 44.4 Å². The van der Waals surface area contributed by atoms with Crippen LogP contribution in [0.15, 0.2) is 46.3 Å². The molecule has 0 amide bonds. The summed E-state index contributed by atoms with van der Waals surface area (Å²) in [6.45, 7) is 6.96. The van der Waals surface area contributed by atoms with Crippen molar-refractivity contribution in [3.63, 3.8) is 0 Å². The van der Waals surface area contributed by atoms with Crippen LogP contribution < -0.4 is 15.5 Å². The molecule has 0 aromatic carbocycles. The van der Waals surface area contributed by atoms with Crippen molar-refractivity contribution >= 4 is 35.9 Å². The molecule has 2 aromatic rings. The fourth-order valence-corrected chi connectivity index (χ4v) is 3.07. The van der Waals surface area contributed by atoms with Gasteiger partial charge in [0.1, 0.15) is 5.76 Å². The zero-order chi connectivity index (χ0) is 18.9. The minimum Gasteiger partial charge on any atom is -0.469 e. The Bertz CT molecular complexity index is 686. The summed E-state index contributed by atoms with van der Waals surface area (Å²) >= 11 is 0. The van der Waals surface area contributed by atoms with Gasteiger partial charge < -0.3 is 20.0 Å². The Labute approximate surface area is 184 Å². The van der Waals surface area contributed by atoms with E-state index in [0.717, 1.165) is 56.4 Å². The third-order valence-electron chi connectivity index (χ3n) is 4.87. The number of anilines is 1. The first kappa shape index (κ1) is 22.4. The van der Waals surface area contributed by atoms with E-state index in [4.69, 9.17) is 9.41 Å². The summed E-state index contributed by atoms with van der Waals surface area (Å²) in [5, 5.41) is 7.12. The first-order valence-electron chi connectivity index (χ1n) is 9.86. The number of nitrogens with zero attached hydrogens (tertiary/aromatic N) is 4. The lowest BCUT2D eigenvalue weighted by molar-refractivity contribution is 0.453. The number of aliphatic imine (C=N–C) groups is 1. The van der Waals surface area contributed by atoms with Crippen molar-refractivity contribution in [2.24, 2.45) is 4.99 Å². The summed E-state index contributed by atoms with van der Waals surface area (Å²) < 4.78 is 5.39. The van der Waals surface area contributed by atoms with Gasteiger partial charge in [-0.2, -0.15) is 0 Å². The van der Waals surface area contributed by atoms with Crippen LogP contribution in [0.25, 0.3) is 0 Å². The Kier molecular flexibility index (Phi) is 9.52. The highest BCUT2D eigenvalue weighted by Gasteiger charge is 2.21. The highest BCUT2D eigenvalue weighted by atomic mass is 127. The van der Waals surface area contributed by atoms with Crippen molar-refractivity contribution in [3.05, 3.63) is 42.6 Å². The van der Waals surface area contributed by atoms with Crippen LogP contribution in [0.1, 0.15) is 38.9 Å². The second kappa shape index (κ2) is 11.9. The molecule has 0 radical (unpaired) electrons. The van der Waals surface area contributed by atoms with E-state index in [-0.39, 0.29) is 24.0 Å². The first-order chi connectivity index (χ1) is 13.2. The van der Waals surface area contributed by atoms with Gasteiger partial charge in [0.15, 0.2) is 5.96 Å². The molecule has 1 unspecified atom stereocenters. The van der Waals surface area contributed by atoms with Crippen LogP contribution >= 0.6 is 24.0 Å². The number of hydrogen-bond acceptors (Lipinski definition) is 5. The molecule has 1 aliphatic heterocycles. The Morgan fingerprint density at radius 1 is 1.29 bits per heavy atom. The molecule has 3 rings (SSSR count). The monoisotopic (exact) mass is 498 g/mol. The Balaban J connectivity index is 0.00000280. The number of rotatable bonds is 7. The third-order valence-corrected chi connectivity index (χ3v) is 4.87. The van der Waals surface area contributed by atoms with Gasteiger partial charge in [0.2, 0.25) is 5.95 Å². The molecule has 7 nitrogen and oxygen atoms in total. The maximum absolute atomic E-state index is 5.39. The fraction of sp³-hybridized carbons (Fsp3) is 0.550. The second-order valence-electron chi connectivity index (χ2n) is 6.97. The molecule has 1 fully saturated rings. The van der Waals surface area contributed by atoms with Gasteiger partial charge in [0, 0.05) is 50.5 Å². The molecule has 154 valence electrons. The summed E-state index contributed by atoms with van der Waals surface area (Å²) in [5.74, 6) is 2.68. The van der Waals surface area contributed by atoms with Crippen LogP contribution in [-0.4, -0.2) is 47.6 Å². The van der Waals surface area contributed by atoms with Crippen molar-refractivity contribution in [1.82, 2.24) is 20.6 Å². The van der Waals surface area contributed by atoms with E-state index in [2.05, 4.69) is 39.3 Å². The highest BCUT2D eigenvalue weighted by molar-refractivity contribution is 14.0. The number of halogens is 1. The molecule has 8 heteroatoms. The van der Waals surface area contributed by atoms with Crippen molar-refractivity contribution < 1.29 is 4.42 Å². The molecule has 0 saturated carbocycles. The SMILES string of the molecule is CCC(C)NC(=NCCc1ccco1)NC1CCN(c2ncccn2)CC1.I. The molecule has 28 heavy (non-hydrogen) atoms. The smallest absolute Gasteiger partial charge is 0.225 e. The lowest BCUT2D eigenvalue weighted by Gasteiger charge is -2.33. The zero-order valence-corrected chi connectivity index (χ0v) is 19.0. The molecular weight excluding hydrogens is 467 g/mol. The standard InChI is InChI=1S/C20H30N6O.HI/c1-3-16(2)24-19(21-12-7-18-6-4-15-27-18)25-17-8-13-26(14-9-17)20-22-10-5-11-23-20;/h4-6,10-11,15-17H,3,7-9,12-14H2,1-2H3,(H2,21,24,25);1H. The molecule has 0 aliphatic carbocycles. The second-order valence-corrected chi connectivity index (χ2v) is 6.97. The number of hydrogen-bond donors (Lipinski definition) is 2. The number of piperidine rings is 1. The van der Waals surface area contributed by atoms with E-state index in [1.807, 2.05) is 18.2 Å². The molecule has 2 aromatic heterocycles. The third kappa shape index (κ3) is 6.96. The van der Waals surface area contributed by atoms with E-state index in [1.54, 1.807) is 18.7 Å². The lowest BCUT2D eigenvalue weighted by atomic mass is 10.1. The minimum atomic E-state index is 0. The normalized spacial score (nSPS) is 16.4. The average Bonchev–Trinajstić information content (AvgIpc) is 3.22. The van der Waals surface area contributed by atoms with E-state index < -0.39 is 0 Å². The van der Waals surface area contributed by atoms with Crippen LogP contribution in [0.2, 0.25) is 0 Å². The van der Waals surface area contributed by atoms with Crippen LogP contribution in [-0.2, 0) is 6.42 Å². The van der Waals surface area contributed by atoms with Crippen molar-refractivity contribution in [2.75, 3.05) is 24.5 Å². The number of nitrogens with one attached hydrogen (secondary N) is 2. The Morgan fingerprint density at radius 3 is 2.68 bits per heavy atom. The van der Waals surface area contributed by atoms with E-state index in [9.17, 15) is 0 Å². The number of aromatic nitrogens is 2. The van der Waals surface area contributed by atoms with Gasteiger partial charge in [0.25, 0.3) is 0 Å². The lowest BCUT2D eigenvalue weighted by Crippen LogP contribution is -2.50. The topological polar surface area (TPSA) is 78.6 Å². The molecule has 2 N–H and O–H groups in total. The van der Waals surface area contributed by atoms with Crippen LogP contribution in [0.5, 0.6) is 0 Å². The quantitative estimate of drug-likeness (QED) is 0.347. The first-order valence-corrected chi connectivity index (χ1v) is 9.86. The molecular formula is C20H31IN6O. The van der Waals surface area contributed by atoms with Gasteiger partial charge in [-0.3, -0.25) is 4.99 Å². The van der Waals surface area contributed by atoms with E-state index in [0.29, 0.717) is 18.6 Å². The van der Waals surface area contributed by atoms with E-state index in [1.165, 1.54) is 0 Å². The summed E-state index contributed by atoms with van der Waals surface area (Å²) in [7, 11) is 0. The van der Waals surface area contributed by atoms with Crippen molar-refractivity contribution in [2.45, 2.75) is 51.6 Å². The fourth-order valence-electron chi connectivity index (χ4n) is 3.07. The average molecular weight is 498 g/mol. The largest absolute Gasteiger partial charge is 0.469 e. The van der Waals surface area contributed by atoms with Crippen molar-refractivity contribution in [1.29, 1.82) is 0 Å². The minimum absolute atomic E-state index is 0. The van der Waals surface area contributed by atoms with Gasteiger partial charge >= 0.3 is 0 Å². The van der Waals surface area contributed by atoms with E-state index >= 15 is 0 Å². The predicted octanol–water partition coefficient (Wildman–Crippen LogP) is 3.23. The summed E-state index contributed by atoms with van der Waals surface area (Å²) in [5.41, 5.74) is 0. The predicted molar refractivity (Wildman–Crippen MR) is 123 cm³/mol. The van der Waals surface area contributed by atoms with Gasteiger partial charge in [-0.25, -0.2) is 9.97 Å². The molecule has 1 atom stereocenters. The number of guanidine groups is 1. The molecule has 1 aliphatic rings.